The zero-order valence-corrected chi connectivity index (χ0v) is 17.5. The molecule has 3 heterocycles. The van der Waals surface area contributed by atoms with Crippen LogP contribution < -0.4 is 16.8 Å². The molecule has 2 fully saturated rings. The van der Waals surface area contributed by atoms with Crippen LogP contribution in [-0.4, -0.2) is 45.3 Å². The van der Waals surface area contributed by atoms with Crippen molar-refractivity contribution in [1.29, 1.82) is 0 Å². The first-order valence-electron chi connectivity index (χ1n) is 9.93. The molecule has 1 atom stereocenters. The number of pyridine rings is 1. The summed E-state index contributed by atoms with van der Waals surface area (Å²) in [7, 11) is 0. The molecule has 4 amide bonds. The van der Waals surface area contributed by atoms with Crippen LogP contribution in [0.1, 0.15) is 43.5 Å². The molecule has 1 aliphatic carbocycles. The Bertz CT molecular complexity index is 1020. The fourth-order valence-electron chi connectivity index (χ4n) is 4.18. The molecule has 1 saturated heterocycles. The number of primary amides is 2. The highest BCUT2D eigenvalue weighted by molar-refractivity contribution is 7.19. The average molecular weight is 429 g/mol. The number of aromatic nitrogens is 2. The lowest BCUT2D eigenvalue weighted by Crippen LogP contribution is -2.47. The van der Waals surface area contributed by atoms with E-state index >= 15 is 0 Å². The Morgan fingerprint density at radius 2 is 2.03 bits per heavy atom. The van der Waals surface area contributed by atoms with Gasteiger partial charge in [-0.05, 0) is 50.3 Å². The molecule has 2 aromatic heterocycles. The number of anilines is 1. The molecule has 158 valence electrons. The molecule has 10 heteroatoms. The lowest BCUT2D eigenvalue weighted by molar-refractivity contribution is -0.126. The molecular formula is C20H24N6O3S. The van der Waals surface area contributed by atoms with E-state index < -0.39 is 17.4 Å². The number of carbonyl (C=O) groups is 3. The SMILES string of the molecule is Cc1nc(NC(=O)N2CCC[C@H]2C(N)=O)sc1-c1ccnc(C2(C(N)=O)CCC2)c1. The summed E-state index contributed by atoms with van der Waals surface area (Å²) in [4.78, 5) is 47.4. The van der Waals surface area contributed by atoms with Crippen molar-refractivity contribution in [1.82, 2.24) is 14.9 Å². The number of thiazole rings is 1. The van der Waals surface area contributed by atoms with E-state index in [1.165, 1.54) is 16.2 Å². The van der Waals surface area contributed by atoms with E-state index in [-0.39, 0.29) is 11.9 Å². The number of carbonyl (C=O) groups excluding carboxylic acids is 3. The zero-order chi connectivity index (χ0) is 21.5. The quantitative estimate of drug-likeness (QED) is 0.666. The lowest BCUT2D eigenvalue weighted by atomic mass is 9.65. The van der Waals surface area contributed by atoms with Crippen molar-refractivity contribution in [3.8, 4) is 10.4 Å². The standard InChI is InChI=1S/C20H24N6O3S/c1-11-15(12-5-8-23-14(10-12)20(17(22)28)6-3-7-20)30-18(24-11)25-19(29)26-9-2-4-13(26)16(21)27/h5,8,10,13H,2-4,6-7,9H2,1H3,(H2,21,27)(H2,22,28)(H,24,25,29)/t13-/m0/s1. The molecule has 9 nitrogen and oxygen atoms in total. The van der Waals surface area contributed by atoms with Crippen LogP contribution in [0.4, 0.5) is 9.93 Å². The van der Waals surface area contributed by atoms with Gasteiger partial charge in [0.05, 0.1) is 21.7 Å². The number of nitrogens with one attached hydrogen (secondary N) is 1. The largest absolute Gasteiger partial charge is 0.369 e. The highest BCUT2D eigenvalue weighted by atomic mass is 32.1. The number of aryl methyl sites for hydroxylation is 1. The van der Waals surface area contributed by atoms with Gasteiger partial charge >= 0.3 is 6.03 Å². The van der Waals surface area contributed by atoms with Crippen LogP contribution >= 0.6 is 11.3 Å². The van der Waals surface area contributed by atoms with Crippen molar-refractivity contribution in [2.75, 3.05) is 11.9 Å². The molecule has 2 aromatic rings. The van der Waals surface area contributed by atoms with Gasteiger partial charge in [-0.25, -0.2) is 9.78 Å². The Kier molecular flexibility index (Phi) is 5.19. The van der Waals surface area contributed by atoms with Gasteiger partial charge in [-0.1, -0.05) is 17.8 Å². The third kappa shape index (κ3) is 3.41. The van der Waals surface area contributed by atoms with Crippen molar-refractivity contribution in [3.05, 3.63) is 29.7 Å². The van der Waals surface area contributed by atoms with E-state index in [0.29, 0.717) is 36.6 Å². The minimum Gasteiger partial charge on any atom is -0.369 e. The van der Waals surface area contributed by atoms with E-state index in [1.54, 1.807) is 6.20 Å². The van der Waals surface area contributed by atoms with Gasteiger partial charge in [-0.2, -0.15) is 0 Å². The average Bonchev–Trinajstić information content (AvgIpc) is 3.27. The second-order valence-electron chi connectivity index (χ2n) is 7.85. The fourth-order valence-corrected chi connectivity index (χ4v) is 5.13. The van der Waals surface area contributed by atoms with Gasteiger partial charge in [-0.3, -0.25) is 19.9 Å². The van der Waals surface area contributed by atoms with Crippen LogP contribution in [0.25, 0.3) is 10.4 Å². The predicted octanol–water partition coefficient (Wildman–Crippen LogP) is 1.90. The summed E-state index contributed by atoms with van der Waals surface area (Å²) in [5, 5.41) is 3.22. The molecule has 0 radical (unpaired) electrons. The number of hydrogen-bond donors (Lipinski definition) is 3. The topological polar surface area (TPSA) is 144 Å². The summed E-state index contributed by atoms with van der Waals surface area (Å²) < 4.78 is 0. The number of rotatable bonds is 5. The van der Waals surface area contributed by atoms with Crippen molar-refractivity contribution in [2.24, 2.45) is 11.5 Å². The van der Waals surface area contributed by atoms with Crippen LogP contribution in [0.3, 0.4) is 0 Å². The monoisotopic (exact) mass is 428 g/mol. The molecule has 0 aromatic carbocycles. The maximum absolute atomic E-state index is 12.6. The summed E-state index contributed by atoms with van der Waals surface area (Å²) in [5.41, 5.74) is 12.7. The second kappa shape index (κ2) is 7.67. The maximum Gasteiger partial charge on any atom is 0.324 e. The van der Waals surface area contributed by atoms with Crippen LogP contribution in [0.2, 0.25) is 0 Å². The predicted molar refractivity (Wildman–Crippen MR) is 113 cm³/mol. The van der Waals surface area contributed by atoms with Crippen LogP contribution in [-0.2, 0) is 15.0 Å². The van der Waals surface area contributed by atoms with Crippen LogP contribution in [0.5, 0.6) is 0 Å². The normalized spacial score (nSPS) is 19.9. The van der Waals surface area contributed by atoms with Crippen LogP contribution in [0.15, 0.2) is 18.3 Å². The summed E-state index contributed by atoms with van der Waals surface area (Å²) in [6, 6.07) is 2.78. The zero-order valence-electron chi connectivity index (χ0n) is 16.7. The Hall–Kier alpha value is -3.01. The minimum atomic E-state index is -0.689. The smallest absolute Gasteiger partial charge is 0.324 e. The Morgan fingerprint density at radius 3 is 2.67 bits per heavy atom. The molecule has 1 saturated carbocycles. The first kappa shape index (κ1) is 20.3. The minimum absolute atomic E-state index is 0.345. The number of likely N-dealkylation sites (tertiary alicyclic amines) is 1. The number of nitrogens with two attached hydrogens (primary N) is 2. The van der Waals surface area contributed by atoms with Gasteiger partial charge < -0.3 is 16.4 Å². The van der Waals surface area contributed by atoms with Crippen molar-refractivity contribution >= 4 is 34.3 Å². The van der Waals surface area contributed by atoms with E-state index in [4.69, 9.17) is 11.5 Å². The van der Waals surface area contributed by atoms with Gasteiger partial charge in [0, 0.05) is 12.7 Å². The van der Waals surface area contributed by atoms with E-state index in [2.05, 4.69) is 15.3 Å². The van der Waals surface area contributed by atoms with E-state index in [9.17, 15) is 14.4 Å². The van der Waals surface area contributed by atoms with Crippen molar-refractivity contribution < 1.29 is 14.4 Å². The summed E-state index contributed by atoms with van der Waals surface area (Å²) in [6.07, 6.45) is 5.36. The summed E-state index contributed by atoms with van der Waals surface area (Å²) >= 11 is 1.33. The van der Waals surface area contributed by atoms with Gasteiger partial charge in [0.25, 0.3) is 0 Å². The molecule has 30 heavy (non-hydrogen) atoms. The number of hydrogen-bond acceptors (Lipinski definition) is 6. The third-order valence-electron chi connectivity index (χ3n) is 6.04. The van der Waals surface area contributed by atoms with Gasteiger partial charge in [-0.15, -0.1) is 0 Å². The Labute approximate surface area is 177 Å². The highest BCUT2D eigenvalue weighted by Crippen LogP contribution is 2.44. The molecule has 0 spiro atoms. The molecule has 4 rings (SSSR count). The summed E-state index contributed by atoms with van der Waals surface area (Å²) in [5.74, 6) is -0.843. The maximum atomic E-state index is 12.6. The highest BCUT2D eigenvalue weighted by Gasteiger charge is 2.45. The van der Waals surface area contributed by atoms with Gasteiger partial charge in [0.1, 0.15) is 6.04 Å². The van der Waals surface area contributed by atoms with Crippen LogP contribution in [0, 0.1) is 6.92 Å². The molecule has 2 aliphatic rings. The number of nitrogens with zero attached hydrogens (tertiary/aromatic N) is 3. The van der Waals surface area contributed by atoms with E-state index in [1.807, 2.05) is 19.1 Å². The van der Waals surface area contributed by atoms with Gasteiger partial charge in [0.15, 0.2) is 5.13 Å². The number of amides is 4. The first-order valence-corrected chi connectivity index (χ1v) is 10.7. The molecule has 0 unspecified atom stereocenters. The Balaban J connectivity index is 1.56. The van der Waals surface area contributed by atoms with Crippen molar-refractivity contribution in [3.63, 3.8) is 0 Å². The molecule has 5 N–H and O–H groups in total. The molecule has 1 aliphatic heterocycles. The van der Waals surface area contributed by atoms with Crippen molar-refractivity contribution in [2.45, 2.75) is 50.5 Å². The lowest BCUT2D eigenvalue weighted by Gasteiger charge is -2.38. The first-order chi connectivity index (χ1) is 14.3. The number of urea groups is 1. The second-order valence-corrected chi connectivity index (χ2v) is 8.85. The van der Waals surface area contributed by atoms with E-state index in [0.717, 1.165) is 29.0 Å². The molecule has 0 bridgehead atoms. The fraction of sp³-hybridized carbons (Fsp3) is 0.450. The summed E-state index contributed by atoms with van der Waals surface area (Å²) in [6.45, 7) is 2.34. The Morgan fingerprint density at radius 1 is 1.27 bits per heavy atom. The molecular weight excluding hydrogens is 404 g/mol. The third-order valence-corrected chi connectivity index (χ3v) is 7.17. The van der Waals surface area contributed by atoms with Gasteiger partial charge in [0.2, 0.25) is 11.8 Å².